The first-order valence-electron chi connectivity index (χ1n) is 6.38. The van der Waals surface area contributed by atoms with Gasteiger partial charge in [-0.2, -0.15) is 0 Å². The van der Waals surface area contributed by atoms with Gasteiger partial charge in [-0.3, -0.25) is 0 Å². The average Bonchev–Trinajstić information content (AvgIpc) is 2.39. The van der Waals surface area contributed by atoms with E-state index in [1.165, 1.54) is 39.5 Å². The molecule has 92 valence electrons. The normalized spacial score (nSPS) is 24.4. The van der Waals surface area contributed by atoms with E-state index < -0.39 is 0 Å². The third-order valence-corrected chi connectivity index (χ3v) is 3.80. The van der Waals surface area contributed by atoms with Gasteiger partial charge in [-0.05, 0) is 38.8 Å². The molecule has 0 N–H and O–H groups in total. The predicted molar refractivity (Wildman–Crippen MR) is 62.4 cm³/mol. The summed E-state index contributed by atoms with van der Waals surface area (Å²) in [6.07, 6.45) is 6.12. The van der Waals surface area contributed by atoms with E-state index in [-0.39, 0.29) is 6.09 Å². The molecule has 2 heterocycles. The highest BCUT2D eigenvalue weighted by Crippen LogP contribution is 2.20. The van der Waals surface area contributed by atoms with Crippen LogP contribution in [0.5, 0.6) is 0 Å². The summed E-state index contributed by atoms with van der Waals surface area (Å²) in [4.78, 5) is 15.8. The number of carbonyl (C=O) groups excluding carboxylic acids is 1. The number of likely N-dealkylation sites (tertiary alicyclic amines) is 2. The number of ether oxygens (including phenoxy) is 1. The molecule has 2 saturated heterocycles. The molecule has 0 radical (unpaired) electrons. The van der Waals surface area contributed by atoms with Crippen molar-refractivity contribution in [2.24, 2.45) is 0 Å². The lowest BCUT2D eigenvalue weighted by Gasteiger charge is -2.39. The zero-order chi connectivity index (χ0) is 11.4. The molecule has 0 aromatic rings. The topological polar surface area (TPSA) is 32.8 Å². The number of rotatable bonds is 1. The molecule has 0 aliphatic carbocycles. The van der Waals surface area contributed by atoms with Gasteiger partial charge in [-0.1, -0.05) is 6.42 Å². The lowest BCUT2D eigenvalue weighted by Crippen LogP contribution is -2.48. The van der Waals surface area contributed by atoms with Crippen LogP contribution in [0.4, 0.5) is 4.79 Å². The fourth-order valence-electron chi connectivity index (χ4n) is 2.83. The highest BCUT2D eigenvalue weighted by atomic mass is 16.5. The highest BCUT2D eigenvalue weighted by Gasteiger charge is 2.27. The average molecular weight is 226 g/mol. The van der Waals surface area contributed by atoms with E-state index in [0.29, 0.717) is 6.04 Å². The minimum Gasteiger partial charge on any atom is -0.453 e. The second-order valence-corrected chi connectivity index (χ2v) is 4.78. The van der Waals surface area contributed by atoms with Gasteiger partial charge < -0.3 is 14.5 Å². The van der Waals surface area contributed by atoms with Gasteiger partial charge in [-0.15, -0.1) is 0 Å². The van der Waals surface area contributed by atoms with E-state index in [1.54, 1.807) is 0 Å². The zero-order valence-corrected chi connectivity index (χ0v) is 10.2. The van der Waals surface area contributed by atoms with Crippen LogP contribution in [0.15, 0.2) is 0 Å². The molecule has 4 nitrogen and oxygen atoms in total. The second kappa shape index (κ2) is 5.53. The van der Waals surface area contributed by atoms with Crippen LogP contribution in [0.2, 0.25) is 0 Å². The third kappa shape index (κ3) is 2.67. The molecule has 0 aromatic heterocycles. The number of hydrogen-bond donors (Lipinski definition) is 0. The molecule has 0 bridgehead atoms. The van der Waals surface area contributed by atoms with E-state index >= 15 is 0 Å². The van der Waals surface area contributed by atoms with Gasteiger partial charge in [0.2, 0.25) is 0 Å². The molecular formula is C12H22N2O2. The van der Waals surface area contributed by atoms with E-state index in [9.17, 15) is 4.79 Å². The molecule has 4 heteroatoms. The van der Waals surface area contributed by atoms with Crippen LogP contribution in [0.3, 0.4) is 0 Å². The summed E-state index contributed by atoms with van der Waals surface area (Å²) in [6.45, 7) is 4.22. The molecule has 0 atom stereocenters. The van der Waals surface area contributed by atoms with Crippen molar-refractivity contribution in [1.82, 2.24) is 9.80 Å². The smallest absolute Gasteiger partial charge is 0.409 e. The molecule has 0 spiro atoms. The van der Waals surface area contributed by atoms with Crippen LogP contribution in [-0.4, -0.2) is 55.2 Å². The Bertz CT molecular complexity index is 231. The number of nitrogens with zero attached hydrogens (tertiary/aromatic N) is 2. The van der Waals surface area contributed by atoms with Crippen LogP contribution in [0, 0.1) is 0 Å². The molecule has 2 rings (SSSR count). The van der Waals surface area contributed by atoms with Crippen molar-refractivity contribution in [3.8, 4) is 0 Å². The van der Waals surface area contributed by atoms with Crippen LogP contribution >= 0.6 is 0 Å². The van der Waals surface area contributed by atoms with E-state index in [1.807, 2.05) is 4.90 Å². The van der Waals surface area contributed by atoms with Crippen molar-refractivity contribution < 1.29 is 9.53 Å². The van der Waals surface area contributed by atoms with Gasteiger partial charge in [0.05, 0.1) is 7.11 Å². The van der Waals surface area contributed by atoms with Crippen molar-refractivity contribution >= 4 is 6.09 Å². The van der Waals surface area contributed by atoms with Crippen molar-refractivity contribution in [3.05, 3.63) is 0 Å². The van der Waals surface area contributed by atoms with E-state index in [2.05, 4.69) is 4.90 Å². The first-order chi connectivity index (χ1) is 7.81. The molecule has 16 heavy (non-hydrogen) atoms. The summed E-state index contributed by atoms with van der Waals surface area (Å²) in [5, 5.41) is 0. The van der Waals surface area contributed by atoms with E-state index in [4.69, 9.17) is 4.74 Å². The van der Waals surface area contributed by atoms with Gasteiger partial charge in [0.15, 0.2) is 0 Å². The lowest BCUT2D eigenvalue weighted by atomic mass is 10.0. The molecule has 2 aliphatic rings. The van der Waals surface area contributed by atoms with Crippen molar-refractivity contribution in [2.75, 3.05) is 33.3 Å². The summed E-state index contributed by atoms with van der Waals surface area (Å²) in [6, 6.07) is 0.696. The Balaban J connectivity index is 1.78. The molecule has 0 unspecified atom stereocenters. The lowest BCUT2D eigenvalue weighted by molar-refractivity contribution is 0.0763. The van der Waals surface area contributed by atoms with Gasteiger partial charge in [-0.25, -0.2) is 4.79 Å². The fourth-order valence-corrected chi connectivity index (χ4v) is 2.83. The SMILES string of the molecule is COC(=O)N1CCC(N2CCCCC2)CC1. The molecular weight excluding hydrogens is 204 g/mol. The fraction of sp³-hybridized carbons (Fsp3) is 0.917. The Hall–Kier alpha value is -0.770. The highest BCUT2D eigenvalue weighted by molar-refractivity contribution is 5.67. The molecule has 0 aromatic carbocycles. The second-order valence-electron chi connectivity index (χ2n) is 4.78. The third-order valence-electron chi connectivity index (χ3n) is 3.80. The monoisotopic (exact) mass is 226 g/mol. The predicted octanol–water partition coefficient (Wildman–Crippen LogP) is 1.70. The number of carbonyl (C=O) groups is 1. The first-order valence-corrected chi connectivity index (χ1v) is 6.38. The van der Waals surface area contributed by atoms with Crippen LogP contribution in [0.1, 0.15) is 32.1 Å². The number of hydrogen-bond acceptors (Lipinski definition) is 3. The largest absolute Gasteiger partial charge is 0.453 e. The van der Waals surface area contributed by atoms with Crippen LogP contribution in [-0.2, 0) is 4.74 Å². The van der Waals surface area contributed by atoms with Gasteiger partial charge in [0.25, 0.3) is 0 Å². The minimum atomic E-state index is -0.169. The maximum absolute atomic E-state index is 11.3. The van der Waals surface area contributed by atoms with Crippen molar-refractivity contribution in [1.29, 1.82) is 0 Å². The van der Waals surface area contributed by atoms with Gasteiger partial charge in [0, 0.05) is 19.1 Å². The Morgan fingerprint density at radius 1 is 1.06 bits per heavy atom. The molecule has 1 amide bonds. The summed E-state index contributed by atoms with van der Waals surface area (Å²) >= 11 is 0. The standard InChI is InChI=1S/C12H22N2O2/c1-16-12(15)14-9-5-11(6-10-14)13-7-3-2-4-8-13/h11H,2-10H2,1H3. The summed E-state index contributed by atoms with van der Waals surface area (Å²) < 4.78 is 4.74. The summed E-state index contributed by atoms with van der Waals surface area (Å²) in [5.74, 6) is 0. The van der Waals surface area contributed by atoms with Crippen molar-refractivity contribution in [2.45, 2.75) is 38.1 Å². The number of amides is 1. The minimum absolute atomic E-state index is 0.169. The Kier molecular flexibility index (Phi) is 4.04. The summed E-state index contributed by atoms with van der Waals surface area (Å²) in [5.41, 5.74) is 0. The van der Waals surface area contributed by atoms with Crippen LogP contribution in [0.25, 0.3) is 0 Å². The summed E-state index contributed by atoms with van der Waals surface area (Å²) in [7, 11) is 1.46. The Morgan fingerprint density at radius 3 is 2.25 bits per heavy atom. The molecule has 0 saturated carbocycles. The molecule has 2 aliphatic heterocycles. The van der Waals surface area contributed by atoms with Crippen molar-refractivity contribution in [3.63, 3.8) is 0 Å². The number of methoxy groups -OCH3 is 1. The first kappa shape index (κ1) is 11.7. The molecule has 2 fully saturated rings. The van der Waals surface area contributed by atoms with Crippen LogP contribution < -0.4 is 0 Å². The maximum Gasteiger partial charge on any atom is 0.409 e. The van der Waals surface area contributed by atoms with Gasteiger partial charge in [0.1, 0.15) is 0 Å². The Labute approximate surface area is 97.5 Å². The Morgan fingerprint density at radius 2 is 1.69 bits per heavy atom. The zero-order valence-electron chi connectivity index (χ0n) is 10.2. The quantitative estimate of drug-likeness (QED) is 0.682. The van der Waals surface area contributed by atoms with E-state index in [0.717, 1.165) is 25.9 Å². The van der Waals surface area contributed by atoms with Gasteiger partial charge >= 0.3 is 6.09 Å². The maximum atomic E-state index is 11.3. The number of piperidine rings is 2.